The second-order valence-corrected chi connectivity index (χ2v) is 16.4. The normalized spacial score (nSPS) is 11.8. The first-order valence-corrected chi connectivity index (χ1v) is 20.6. The van der Waals surface area contributed by atoms with E-state index in [1.165, 1.54) is 12.4 Å². The minimum absolute atomic E-state index is 0.0872. The number of nitrogens with zero attached hydrogens (tertiary/aromatic N) is 2. The van der Waals surface area contributed by atoms with Gasteiger partial charge < -0.3 is 30.6 Å². The van der Waals surface area contributed by atoms with E-state index in [-0.39, 0.29) is 74.1 Å². The molecule has 0 aliphatic carbocycles. The van der Waals surface area contributed by atoms with Gasteiger partial charge in [0.05, 0.1) is 11.0 Å². The van der Waals surface area contributed by atoms with Crippen LogP contribution >= 0.6 is 0 Å². The van der Waals surface area contributed by atoms with Crippen LogP contribution in [0.25, 0.3) is 0 Å². The Kier molecular flexibility index (Phi) is 21.3. The Morgan fingerprint density at radius 1 is 0.842 bits per heavy atom. The Morgan fingerprint density at radius 3 is 2.07 bits per heavy atom. The topological polar surface area (TPSA) is 240 Å². The lowest BCUT2D eigenvalue weighted by atomic mass is 9.95. The molecule has 17 heteroatoms. The third-order valence-electron chi connectivity index (χ3n) is 8.04. The number of ether oxygens (including phenoxy) is 3. The van der Waals surface area contributed by atoms with Gasteiger partial charge in [-0.2, -0.15) is 0 Å². The number of ketones is 3. The predicted octanol–water partition coefficient (Wildman–Crippen LogP) is 3.89. The van der Waals surface area contributed by atoms with E-state index >= 15 is 0 Å². The fraction of sp³-hybridized carbons (Fsp3) is 0.550. The summed E-state index contributed by atoms with van der Waals surface area (Å²) < 4.78 is 39.0. The molecule has 1 aromatic carbocycles. The van der Waals surface area contributed by atoms with Crippen molar-refractivity contribution in [3.8, 4) is 11.8 Å². The maximum atomic E-state index is 13.2. The highest BCUT2D eigenvalue weighted by Gasteiger charge is 2.24. The molecule has 0 saturated heterocycles. The van der Waals surface area contributed by atoms with E-state index in [2.05, 4.69) is 32.4 Å². The van der Waals surface area contributed by atoms with Gasteiger partial charge in [0.15, 0.2) is 11.6 Å². The number of rotatable bonds is 26. The molecule has 312 valence electrons. The number of hydrogen-bond donors (Lipinski definition) is 3. The largest absolute Gasteiger partial charge is 0.460 e. The number of unbranched alkanes of at least 4 members (excludes halogenated alkanes) is 1. The van der Waals surface area contributed by atoms with Gasteiger partial charge >= 0.3 is 12.0 Å². The molecule has 2 rings (SSSR count). The molecule has 1 aromatic heterocycles. The third kappa shape index (κ3) is 21.7. The molecule has 16 nitrogen and oxygen atoms in total. The molecular weight excluding hydrogens is 759 g/mol. The van der Waals surface area contributed by atoms with E-state index in [1.807, 2.05) is 0 Å². The lowest BCUT2D eigenvalue weighted by Crippen LogP contribution is -2.31. The molecule has 0 spiro atoms. The van der Waals surface area contributed by atoms with Gasteiger partial charge in [0, 0.05) is 82.1 Å². The molecule has 57 heavy (non-hydrogen) atoms. The van der Waals surface area contributed by atoms with Crippen molar-refractivity contribution in [3.63, 3.8) is 0 Å². The number of primary amides is 1. The first-order valence-electron chi connectivity index (χ1n) is 18.8. The molecule has 0 aliphatic rings. The minimum Gasteiger partial charge on any atom is -0.460 e. The molecule has 2 aromatic rings. The number of hydrogen-bond acceptors (Lipinski definition) is 13. The molecule has 0 fully saturated rings. The Hall–Kier alpha value is -5.05. The first-order chi connectivity index (χ1) is 26.9. The quantitative estimate of drug-likeness (QED) is 0.0530. The van der Waals surface area contributed by atoms with E-state index in [1.54, 1.807) is 45.0 Å². The molecule has 0 radical (unpaired) electrons. The summed E-state index contributed by atoms with van der Waals surface area (Å²) in [4.78, 5) is 81.0. The number of anilines is 1. The van der Waals surface area contributed by atoms with Crippen LogP contribution in [0, 0.1) is 23.2 Å². The summed E-state index contributed by atoms with van der Waals surface area (Å²) in [6.45, 7) is 5.71. The van der Waals surface area contributed by atoms with Crippen LogP contribution < -0.4 is 16.4 Å². The van der Waals surface area contributed by atoms with Crippen LogP contribution in [-0.2, 0) is 54.6 Å². The van der Waals surface area contributed by atoms with E-state index in [0.29, 0.717) is 69.4 Å². The van der Waals surface area contributed by atoms with E-state index < -0.39 is 33.1 Å². The monoisotopic (exact) mass is 813 g/mol. The zero-order valence-corrected chi connectivity index (χ0v) is 34.0. The number of nitrogens with two attached hydrogens (primary N) is 1. The highest BCUT2D eigenvalue weighted by atomic mass is 32.2. The zero-order chi connectivity index (χ0) is 42.3. The van der Waals surface area contributed by atoms with Gasteiger partial charge in [0.2, 0.25) is 20.9 Å². The Morgan fingerprint density at radius 2 is 1.46 bits per heavy atom. The van der Waals surface area contributed by atoms with Crippen LogP contribution in [-0.4, -0.2) is 92.9 Å². The molecular formula is C40H55N5O11S. The molecule has 1 heterocycles. The summed E-state index contributed by atoms with van der Waals surface area (Å²) >= 11 is 0. The molecule has 0 bridgehead atoms. The van der Waals surface area contributed by atoms with Crippen molar-refractivity contribution in [2.75, 3.05) is 44.5 Å². The summed E-state index contributed by atoms with van der Waals surface area (Å²) in [7, 11) is -3.47. The summed E-state index contributed by atoms with van der Waals surface area (Å²) in [5.74, 6) is 3.84. The number of esters is 1. The van der Waals surface area contributed by atoms with Crippen LogP contribution in [0.3, 0.4) is 0 Å². The molecule has 3 amide bonds. The fourth-order valence-corrected chi connectivity index (χ4v) is 5.43. The van der Waals surface area contributed by atoms with Crippen molar-refractivity contribution in [1.29, 1.82) is 0 Å². The smallest absolute Gasteiger partial charge is 0.312 e. The van der Waals surface area contributed by atoms with E-state index in [9.17, 15) is 37.2 Å². The number of Topliss-reactive ketones (excluding diaryl/α,β-unsaturated/α-hetero) is 3. The van der Waals surface area contributed by atoms with Crippen molar-refractivity contribution in [1.82, 2.24) is 15.3 Å². The second-order valence-electron chi connectivity index (χ2n) is 14.5. The van der Waals surface area contributed by atoms with Crippen molar-refractivity contribution >= 4 is 50.8 Å². The van der Waals surface area contributed by atoms with Gasteiger partial charge in [-0.25, -0.2) is 23.2 Å². The molecule has 4 N–H and O–H groups in total. The lowest BCUT2D eigenvalue weighted by molar-refractivity contribution is -0.154. The summed E-state index contributed by atoms with van der Waals surface area (Å²) in [5.41, 5.74) is 6.21. The van der Waals surface area contributed by atoms with E-state index in [4.69, 9.17) is 19.9 Å². The van der Waals surface area contributed by atoms with Gasteiger partial charge in [-0.05, 0) is 70.6 Å². The fourth-order valence-electron chi connectivity index (χ4n) is 4.95. The number of carbonyl (C=O) groups is 6. The molecule has 1 atom stereocenters. The Bertz CT molecular complexity index is 1810. The highest BCUT2D eigenvalue weighted by Crippen LogP contribution is 2.19. The lowest BCUT2D eigenvalue weighted by Gasteiger charge is -2.17. The van der Waals surface area contributed by atoms with Crippen molar-refractivity contribution < 1.29 is 51.4 Å². The average Bonchev–Trinajstić information content (AvgIpc) is 3.14. The Balaban J connectivity index is 1.62. The van der Waals surface area contributed by atoms with Gasteiger partial charge in [-0.15, -0.1) is 0 Å². The SMILES string of the molecule is CC(C)(C)C(=O)OCc1ccc(NC(=O)[C@H](CCCNC(N)=O)CC(=O)COCC(=O)CCCOCCCC(=O)CCCC#Cc2cnc(S(C)(=O)=O)nc2)cc1. The minimum atomic E-state index is -3.47. The van der Waals surface area contributed by atoms with Crippen LogP contribution in [0.1, 0.15) is 96.1 Å². The van der Waals surface area contributed by atoms with Crippen molar-refractivity contribution in [2.24, 2.45) is 17.1 Å². The number of urea groups is 1. The summed E-state index contributed by atoms with van der Waals surface area (Å²) in [5, 5.41) is 5.00. The van der Waals surface area contributed by atoms with Crippen molar-refractivity contribution in [3.05, 3.63) is 47.8 Å². The average molecular weight is 814 g/mol. The third-order valence-corrected chi connectivity index (χ3v) is 8.92. The number of benzene rings is 1. The van der Waals surface area contributed by atoms with Crippen LogP contribution in [0.15, 0.2) is 41.8 Å². The van der Waals surface area contributed by atoms with Crippen LogP contribution in [0.2, 0.25) is 0 Å². The van der Waals surface area contributed by atoms with Gasteiger partial charge in [0.25, 0.3) is 0 Å². The number of nitrogens with one attached hydrogen (secondary N) is 2. The van der Waals surface area contributed by atoms with Crippen LogP contribution in [0.4, 0.5) is 10.5 Å². The summed E-state index contributed by atoms with van der Waals surface area (Å²) in [6.07, 6.45) is 7.29. The second kappa shape index (κ2) is 25.3. The number of amides is 3. The van der Waals surface area contributed by atoms with Crippen molar-refractivity contribution in [2.45, 2.75) is 96.7 Å². The first kappa shape index (κ1) is 48.1. The maximum Gasteiger partial charge on any atom is 0.312 e. The predicted molar refractivity (Wildman–Crippen MR) is 210 cm³/mol. The highest BCUT2D eigenvalue weighted by molar-refractivity contribution is 7.90. The Labute approximate surface area is 334 Å². The number of carbonyl (C=O) groups excluding carboxylic acids is 6. The van der Waals surface area contributed by atoms with Gasteiger partial charge in [0.1, 0.15) is 25.6 Å². The standard InChI is InChI=1S/C40H55N5O11S/c1-40(2,3)37(50)56-26-29-16-18-32(19-17-29)45-36(49)31(12-8-20-42-38(41)51)23-35(48)28-55-27-34(47)15-10-22-54-21-9-14-33(46)13-7-5-6-11-30-24-43-39(44-25-30)57(4,52)53/h16-19,24-25,31H,5,7-10,12-15,20-23,26-28H2,1-4H3,(H,45,49)(H3,41,42,51)/t31-/m1/s1. The van der Waals surface area contributed by atoms with E-state index in [0.717, 1.165) is 11.8 Å². The van der Waals surface area contributed by atoms with Crippen LogP contribution in [0.5, 0.6) is 0 Å². The van der Waals surface area contributed by atoms with Gasteiger partial charge in [-0.3, -0.25) is 24.0 Å². The molecule has 0 unspecified atom stereocenters. The number of sulfone groups is 1. The zero-order valence-electron chi connectivity index (χ0n) is 33.2. The number of aromatic nitrogens is 2. The molecule has 0 saturated carbocycles. The maximum absolute atomic E-state index is 13.2. The summed E-state index contributed by atoms with van der Waals surface area (Å²) in [6, 6.07) is 6.08. The van der Waals surface area contributed by atoms with Gasteiger partial charge in [-0.1, -0.05) is 24.0 Å². The molecule has 0 aliphatic heterocycles.